The Morgan fingerprint density at radius 2 is 2.20 bits per heavy atom. The Bertz CT molecular complexity index is 420. The first-order valence-electron chi connectivity index (χ1n) is 4.84. The van der Waals surface area contributed by atoms with E-state index in [1.54, 1.807) is 18.6 Å². The molecule has 0 aliphatic carbocycles. The fourth-order valence-electron chi connectivity index (χ4n) is 1.26. The summed E-state index contributed by atoms with van der Waals surface area (Å²) in [5.74, 6) is 0.825. The second-order valence-electron chi connectivity index (χ2n) is 3.56. The molecule has 2 aromatic rings. The highest BCUT2D eigenvalue weighted by Crippen LogP contribution is 2.16. The van der Waals surface area contributed by atoms with Gasteiger partial charge in [-0.25, -0.2) is 0 Å². The van der Waals surface area contributed by atoms with Crippen LogP contribution in [0.2, 0.25) is 0 Å². The van der Waals surface area contributed by atoms with Crippen molar-refractivity contribution in [2.75, 3.05) is 5.32 Å². The number of hydrogen-bond donors (Lipinski definition) is 2. The smallest absolute Gasteiger partial charge is 0.148 e. The monoisotopic (exact) mass is 203 g/mol. The maximum atomic E-state index is 4.18. The largest absolute Gasteiger partial charge is 0.366 e. The van der Waals surface area contributed by atoms with Gasteiger partial charge in [-0.15, -0.1) is 0 Å². The fourth-order valence-corrected chi connectivity index (χ4v) is 1.26. The summed E-state index contributed by atoms with van der Waals surface area (Å²) in [4.78, 5) is 8.18. The first-order chi connectivity index (χ1) is 7.25. The predicted molar refractivity (Wildman–Crippen MR) is 58.4 cm³/mol. The number of H-pyrrole nitrogens is 1. The minimum atomic E-state index is 0.364. The van der Waals surface area contributed by atoms with E-state index in [0.29, 0.717) is 6.04 Å². The maximum Gasteiger partial charge on any atom is 0.148 e. The van der Waals surface area contributed by atoms with Crippen LogP contribution in [0.1, 0.15) is 13.8 Å². The van der Waals surface area contributed by atoms with E-state index in [9.17, 15) is 0 Å². The summed E-state index contributed by atoms with van der Waals surface area (Å²) >= 11 is 0. The number of rotatable bonds is 3. The average Bonchev–Trinajstić information content (AvgIpc) is 2.67. The second kappa shape index (κ2) is 4.08. The summed E-state index contributed by atoms with van der Waals surface area (Å²) in [6, 6.07) is 2.28. The van der Waals surface area contributed by atoms with Crippen LogP contribution in [-0.2, 0) is 0 Å². The molecule has 0 aromatic carbocycles. The molecule has 15 heavy (non-hydrogen) atoms. The van der Waals surface area contributed by atoms with Gasteiger partial charge in [0.25, 0.3) is 0 Å². The maximum absolute atomic E-state index is 4.18. The van der Waals surface area contributed by atoms with Crippen LogP contribution >= 0.6 is 0 Å². The summed E-state index contributed by atoms with van der Waals surface area (Å²) in [7, 11) is 0. The van der Waals surface area contributed by atoms with E-state index in [2.05, 4.69) is 39.3 Å². The van der Waals surface area contributed by atoms with Gasteiger partial charge in [-0.3, -0.25) is 15.1 Å². The molecule has 2 heterocycles. The molecule has 0 aliphatic heterocycles. The van der Waals surface area contributed by atoms with Crippen molar-refractivity contribution in [3.63, 3.8) is 0 Å². The Balaban J connectivity index is 2.21. The number of aromatic nitrogens is 4. The average molecular weight is 203 g/mol. The Kier molecular flexibility index (Phi) is 2.62. The molecule has 0 saturated carbocycles. The highest BCUT2D eigenvalue weighted by molar-refractivity contribution is 5.57. The van der Waals surface area contributed by atoms with Gasteiger partial charge >= 0.3 is 0 Å². The number of hydrogen-bond acceptors (Lipinski definition) is 4. The van der Waals surface area contributed by atoms with Crippen LogP contribution in [0.5, 0.6) is 0 Å². The summed E-state index contributed by atoms with van der Waals surface area (Å²) in [5.41, 5.74) is 1.66. The molecule has 5 nitrogen and oxygen atoms in total. The van der Waals surface area contributed by atoms with Crippen LogP contribution in [0.15, 0.2) is 24.7 Å². The van der Waals surface area contributed by atoms with E-state index in [1.165, 1.54) is 0 Å². The number of aromatic amines is 1. The molecular formula is C10H13N5. The van der Waals surface area contributed by atoms with Gasteiger partial charge < -0.3 is 5.32 Å². The van der Waals surface area contributed by atoms with Crippen molar-refractivity contribution >= 4 is 5.82 Å². The Hall–Kier alpha value is -1.91. The van der Waals surface area contributed by atoms with E-state index in [4.69, 9.17) is 0 Å². The predicted octanol–water partition coefficient (Wildman–Crippen LogP) is 1.69. The molecule has 0 unspecified atom stereocenters. The van der Waals surface area contributed by atoms with Gasteiger partial charge in [0.05, 0.1) is 11.9 Å². The van der Waals surface area contributed by atoms with Crippen molar-refractivity contribution in [1.29, 1.82) is 0 Å². The van der Waals surface area contributed by atoms with Crippen molar-refractivity contribution in [2.45, 2.75) is 19.9 Å². The molecule has 2 rings (SSSR count). The lowest BCUT2D eigenvalue weighted by atomic mass is 10.3. The Morgan fingerprint density at radius 3 is 2.87 bits per heavy atom. The molecule has 2 N–H and O–H groups in total. The van der Waals surface area contributed by atoms with Crippen LogP contribution in [0, 0.1) is 0 Å². The van der Waals surface area contributed by atoms with Crippen LogP contribution in [0.25, 0.3) is 11.4 Å². The van der Waals surface area contributed by atoms with Crippen molar-refractivity contribution in [3.8, 4) is 11.4 Å². The molecule has 5 heteroatoms. The van der Waals surface area contributed by atoms with Gasteiger partial charge in [-0.2, -0.15) is 5.10 Å². The summed E-state index contributed by atoms with van der Waals surface area (Å²) in [6.45, 7) is 4.13. The highest BCUT2D eigenvalue weighted by Gasteiger charge is 2.04. The minimum absolute atomic E-state index is 0.364. The van der Waals surface area contributed by atoms with Gasteiger partial charge in [0.15, 0.2) is 0 Å². The minimum Gasteiger partial charge on any atom is -0.366 e. The summed E-state index contributed by atoms with van der Waals surface area (Å²) in [5, 5.41) is 10.2. The quantitative estimate of drug-likeness (QED) is 0.796. The van der Waals surface area contributed by atoms with E-state index < -0.39 is 0 Å². The van der Waals surface area contributed by atoms with Gasteiger partial charge in [0, 0.05) is 24.5 Å². The molecule has 78 valence electrons. The van der Waals surface area contributed by atoms with Crippen LogP contribution in [0.4, 0.5) is 5.82 Å². The topological polar surface area (TPSA) is 66.5 Å². The van der Waals surface area contributed by atoms with Gasteiger partial charge in [-0.05, 0) is 13.8 Å². The third-order valence-electron chi connectivity index (χ3n) is 1.85. The van der Waals surface area contributed by atoms with Gasteiger partial charge in [0.2, 0.25) is 0 Å². The standard InChI is InChI=1S/C10H13N5/c1-7(2)13-10-5-8(14-15-10)9-6-11-3-4-12-9/h3-7H,1-2H3,(H2,13,14,15). The van der Waals surface area contributed by atoms with E-state index in [0.717, 1.165) is 17.2 Å². The SMILES string of the molecule is CC(C)Nc1cc(-c2cnccn2)[nH]n1. The Morgan fingerprint density at radius 1 is 1.33 bits per heavy atom. The third-order valence-corrected chi connectivity index (χ3v) is 1.85. The van der Waals surface area contributed by atoms with Gasteiger partial charge in [0.1, 0.15) is 11.5 Å². The zero-order chi connectivity index (χ0) is 10.7. The molecule has 0 spiro atoms. The molecule has 0 bridgehead atoms. The van der Waals surface area contributed by atoms with Gasteiger partial charge in [-0.1, -0.05) is 0 Å². The van der Waals surface area contributed by atoms with Crippen LogP contribution < -0.4 is 5.32 Å². The zero-order valence-corrected chi connectivity index (χ0v) is 8.73. The normalized spacial score (nSPS) is 10.6. The second-order valence-corrected chi connectivity index (χ2v) is 3.56. The van der Waals surface area contributed by atoms with Crippen LogP contribution in [-0.4, -0.2) is 26.2 Å². The summed E-state index contributed by atoms with van der Waals surface area (Å²) < 4.78 is 0. The molecule has 0 amide bonds. The van der Waals surface area contributed by atoms with Crippen molar-refractivity contribution < 1.29 is 0 Å². The number of nitrogens with zero attached hydrogens (tertiary/aromatic N) is 3. The first-order valence-corrected chi connectivity index (χ1v) is 4.84. The van der Waals surface area contributed by atoms with E-state index in [1.807, 2.05) is 6.07 Å². The van der Waals surface area contributed by atoms with Crippen molar-refractivity contribution in [1.82, 2.24) is 20.2 Å². The molecule has 0 fully saturated rings. The first kappa shape index (κ1) is 9.64. The third kappa shape index (κ3) is 2.31. The van der Waals surface area contributed by atoms with E-state index in [-0.39, 0.29) is 0 Å². The Labute approximate surface area is 88.0 Å². The highest BCUT2D eigenvalue weighted by atomic mass is 15.2. The lowest BCUT2D eigenvalue weighted by molar-refractivity contribution is 0.884. The number of nitrogens with one attached hydrogen (secondary N) is 2. The lowest BCUT2D eigenvalue weighted by Gasteiger charge is -2.04. The molecule has 0 aliphatic rings. The fraction of sp³-hybridized carbons (Fsp3) is 0.300. The molecule has 0 atom stereocenters. The number of anilines is 1. The molecular weight excluding hydrogens is 190 g/mol. The van der Waals surface area contributed by atoms with Crippen molar-refractivity contribution in [3.05, 3.63) is 24.7 Å². The molecule has 0 radical (unpaired) electrons. The van der Waals surface area contributed by atoms with Crippen LogP contribution in [0.3, 0.4) is 0 Å². The summed E-state index contributed by atoms with van der Waals surface area (Å²) in [6.07, 6.45) is 5.01. The lowest BCUT2D eigenvalue weighted by Crippen LogP contribution is -2.09. The van der Waals surface area contributed by atoms with Crippen molar-refractivity contribution in [2.24, 2.45) is 0 Å². The van der Waals surface area contributed by atoms with E-state index >= 15 is 0 Å². The zero-order valence-electron chi connectivity index (χ0n) is 8.73. The molecule has 2 aromatic heterocycles. The molecule has 0 saturated heterocycles.